The predicted molar refractivity (Wildman–Crippen MR) is 129 cm³/mol. The van der Waals surface area contributed by atoms with E-state index in [2.05, 4.69) is 15.1 Å². The molecular weight excluding hydrogens is 439 g/mol. The van der Waals surface area contributed by atoms with Gasteiger partial charge in [-0.05, 0) is 48.5 Å². The van der Waals surface area contributed by atoms with E-state index in [1.807, 2.05) is 31.1 Å². The number of benzene rings is 2. The van der Waals surface area contributed by atoms with Crippen molar-refractivity contribution in [3.05, 3.63) is 59.9 Å². The van der Waals surface area contributed by atoms with Gasteiger partial charge in [0.2, 0.25) is 0 Å². The minimum absolute atomic E-state index is 0.212. The Morgan fingerprint density at radius 1 is 1.06 bits per heavy atom. The lowest BCUT2D eigenvalue weighted by molar-refractivity contribution is -0.0209. The summed E-state index contributed by atoms with van der Waals surface area (Å²) in [7, 11) is 3.88. The van der Waals surface area contributed by atoms with E-state index < -0.39 is 18.3 Å². The summed E-state index contributed by atoms with van der Waals surface area (Å²) in [5, 5.41) is 23.4. The van der Waals surface area contributed by atoms with Crippen LogP contribution < -0.4 is 15.1 Å². The fraction of sp³-hybridized carbons (Fsp3) is 0.480. The number of ether oxygens (including phenoxy) is 1. The van der Waals surface area contributed by atoms with Crippen LogP contribution in [0.15, 0.2) is 48.5 Å². The lowest BCUT2D eigenvalue weighted by atomic mass is 10.0. The lowest BCUT2D eigenvalue weighted by Crippen LogP contribution is -2.57. The van der Waals surface area contributed by atoms with Gasteiger partial charge in [0, 0.05) is 63.8 Å². The maximum Gasteiger partial charge on any atom is 0.251 e. The van der Waals surface area contributed by atoms with Gasteiger partial charge in [-0.15, -0.1) is 0 Å². The summed E-state index contributed by atoms with van der Waals surface area (Å²) in [6, 6.07) is 13.4. The van der Waals surface area contributed by atoms with E-state index in [0.29, 0.717) is 18.7 Å². The number of aliphatic hydroxyl groups is 2. The van der Waals surface area contributed by atoms with Crippen LogP contribution in [0.4, 0.5) is 15.8 Å². The first kappa shape index (κ1) is 24.4. The molecule has 4 unspecified atom stereocenters. The number of amides is 1. The number of hydrogen-bond acceptors (Lipinski definition) is 7. The molecule has 0 bridgehead atoms. The van der Waals surface area contributed by atoms with E-state index in [0.717, 1.165) is 24.5 Å². The van der Waals surface area contributed by atoms with Crippen LogP contribution >= 0.6 is 0 Å². The summed E-state index contributed by atoms with van der Waals surface area (Å²) in [6.45, 7) is 2.73. The zero-order valence-electron chi connectivity index (χ0n) is 19.6. The topological polar surface area (TPSA) is 88.5 Å². The normalized spacial score (nSPS) is 25.4. The third kappa shape index (κ3) is 5.33. The minimum Gasteiger partial charge on any atom is -0.394 e. The lowest BCUT2D eigenvalue weighted by Gasteiger charge is -2.41. The molecule has 8 nitrogen and oxygen atoms in total. The maximum absolute atomic E-state index is 13.2. The Hall–Kier alpha value is -2.72. The van der Waals surface area contributed by atoms with E-state index in [9.17, 15) is 19.4 Å². The number of nitrogens with zero attached hydrogens (tertiary/aromatic N) is 3. The van der Waals surface area contributed by atoms with E-state index >= 15 is 0 Å². The largest absolute Gasteiger partial charge is 0.394 e. The molecule has 0 radical (unpaired) electrons. The van der Waals surface area contributed by atoms with Crippen LogP contribution in [-0.4, -0.2) is 98.8 Å². The molecule has 2 aromatic carbocycles. The zero-order chi connectivity index (χ0) is 24.2. The number of halogens is 1. The number of hydrogen-bond donors (Lipinski definition) is 3. The molecule has 2 saturated heterocycles. The Bertz CT molecular complexity index is 948. The molecule has 4 rings (SSSR count). The van der Waals surface area contributed by atoms with Gasteiger partial charge in [-0.3, -0.25) is 9.69 Å². The Morgan fingerprint density at radius 3 is 2.29 bits per heavy atom. The van der Waals surface area contributed by atoms with Crippen LogP contribution in [0.1, 0.15) is 10.4 Å². The molecule has 2 aliphatic heterocycles. The van der Waals surface area contributed by atoms with Crippen molar-refractivity contribution in [3.8, 4) is 0 Å². The van der Waals surface area contributed by atoms with Gasteiger partial charge in [0.15, 0.2) is 0 Å². The summed E-state index contributed by atoms with van der Waals surface area (Å²) < 4.78 is 19.2. The number of anilines is 2. The number of piperazine rings is 1. The second kappa shape index (κ2) is 10.7. The van der Waals surface area contributed by atoms with E-state index in [4.69, 9.17) is 4.74 Å². The first-order valence-corrected chi connectivity index (χ1v) is 11.6. The molecule has 0 saturated carbocycles. The summed E-state index contributed by atoms with van der Waals surface area (Å²) in [4.78, 5) is 19.0. The molecule has 2 heterocycles. The molecule has 2 aliphatic rings. The van der Waals surface area contributed by atoms with Crippen LogP contribution in [0.5, 0.6) is 0 Å². The third-order valence-electron chi connectivity index (χ3n) is 6.68. The predicted octanol–water partition coefficient (Wildman–Crippen LogP) is 0.933. The van der Waals surface area contributed by atoms with Crippen LogP contribution in [0.25, 0.3) is 0 Å². The molecular formula is C25H33FN4O4. The first-order valence-electron chi connectivity index (χ1n) is 11.6. The first-order chi connectivity index (χ1) is 16.4. The van der Waals surface area contributed by atoms with Gasteiger partial charge in [0.1, 0.15) is 18.0 Å². The number of rotatable bonds is 7. The average molecular weight is 473 g/mol. The van der Waals surface area contributed by atoms with Crippen molar-refractivity contribution in [2.75, 3.05) is 63.2 Å². The second-order valence-corrected chi connectivity index (χ2v) is 9.03. The van der Waals surface area contributed by atoms with Gasteiger partial charge in [-0.2, -0.15) is 0 Å². The molecule has 4 atom stereocenters. The standard InChI is InChI=1S/C25H33FN4O4/c1-28(2)19-7-3-17(4-8-19)25(33)27-15-21-23(24(32)22(16-31)34-21)30-13-11-29(12-14-30)20-9-5-18(26)6-10-20/h3-10,21-24,31-32H,11-16H2,1-2H3,(H,27,33). The second-order valence-electron chi connectivity index (χ2n) is 9.03. The molecule has 1 amide bonds. The van der Waals surface area contributed by atoms with Crippen molar-refractivity contribution in [2.24, 2.45) is 0 Å². The van der Waals surface area contributed by atoms with Crippen molar-refractivity contribution >= 4 is 17.3 Å². The van der Waals surface area contributed by atoms with E-state index in [1.165, 1.54) is 12.1 Å². The Kier molecular flexibility index (Phi) is 7.67. The van der Waals surface area contributed by atoms with Crippen LogP contribution in [-0.2, 0) is 4.74 Å². The minimum atomic E-state index is -0.858. The number of carbonyl (C=O) groups is 1. The molecule has 184 valence electrons. The van der Waals surface area contributed by atoms with E-state index in [-0.39, 0.29) is 30.9 Å². The fourth-order valence-corrected chi connectivity index (χ4v) is 4.73. The zero-order valence-corrected chi connectivity index (χ0v) is 19.6. The molecule has 9 heteroatoms. The highest BCUT2D eigenvalue weighted by Gasteiger charge is 2.46. The number of aliphatic hydroxyl groups excluding tert-OH is 2. The number of carbonyl (C=O) groups excluding carboxylic acids is 1. The summed E-state index contributed by atoms with van der Waals surface area (Å²) in [5.41, 5.74) is 2.51. The summed E-state index contributed by atoms with van der Waals surface area (Å²) >= 11 is 0. The van der Waals surface area contributed by atoms with Gasteiger partial charge in [-0.25, -0.2) is 4.39 Å². The smallest absolute Gasteiger partial charge is 0.251 e. The molecule has 0 aromatic heterocycles. The van der Waals surface area contributed by atoms with Crippen molar-refractivity contribution in [1.82, 2.24) is 10.2 Å². The number of nitrogens with one attached hydrogen (secondary N) is 1. The molecule has 34 heavy (non-hydrogen) atoms. The molecule has 3 N–H and O–H groups in total. The molecule has 0 spiro atoms. The van der Waals surface area contributed by atoms with Crippen molar-refractivity contribution in [3.63, 3.8) is 0 Å². The highest BCUT2D eigenvalue weighted by molar-refractivity contribution is 5.94. The molecule has 2 fully saturated rings. The van der Waals surface area contributed by atoms with Gasteiger partial charge in [-0.1, -0.05) is 0 Å². The quantitative estimate of drug-likeness (QED) is 0.553. The molecule has 0 aliphatic carbocycles. The van der Waals surface area contributed by atoms with Crippen molar-refractivity contribution in [2.45, 2.75) is 24.4 Å². The Balaban J connectivity index is 1.37. The average Bonchev–Trinajstić information content (AvgIpc) is 3.18. The van der Waals surface area contributed by atoms with Gasteiger partial charge in [0.25, 0.3) is 5.91 Å². The van der Waals surface area contributed by atoms with E-state index in [1.54, 1.807) is 24.3 Å². The van der Waals surface area contributed by atoms with Crippen molar-refractivity contribution < 1.29 is 24.1 Å². The van der Waals surface area contributed by atoms with Gasteiger partial charge in [0.05, 0.1) is 18.8 Å². The van der Waals surface area contributed by atoms with Crippen LogP contribution in [0.3, 0.4) is 0 Å². The van der Waals surface area contributed by atoms with Gasteiger partial charge >= 0.3 is 0 Å². The summed E-state index contributed by atoms with van der Waals surface area (Å²) in [5.74, 6) is -0.474. The Morgan fingerprint density at radius 2 is 1.71 bits per heavy atom. The van der Waals surface area contributed by atoms with Crippen LogP contribution in [0, 0.1) is 5.82 Å². The monoisotopic (exact) mass is 472 g/mol. The van der Waals surface area contributed by atoms with Crippen LogP contribution in [0.2, 0.25) is 0 Å². The Labute approximate surface area is 199 Å². The SMILES string of the molecule is CN(C)c1ccc(C(=O)NCC2OC(CO)C(O)C2N2CCN(c3ccc(F)cc3)CC2)cc1. The highest BCUT2D eigenvalue weighted by Crippen LogP contribution is 2.28. The third-order valence-corrected chi connectivity index (χ3v) is 6.68. The summed E-state index contributed by atoms with van der Waals surface area (Å²) in [6.07, 6.45) is -2.00. The van der Waals surface area contributed by atoms with Gasteiger partial charge < -0.3 is 30.1 Å². The highest BCUT2D eigenvalue weighted by atomic mass is 19.1. The van der Waals surface area contributed by atoms with Crippen molar-refractivity contribution in [1.29, 1.82) is 0 Å². The maximum atomic E-state index is 13.2. The fourth-order valence-electron chi connectivity index (χ4n) is 4.73. The molecule has 2 aromatic rings.